The highest BCUT2D eigenvalue weighted by molar-refractivity contribution is 5.46. The van der Waals surface area contributed by atoms with Crippen LogP contribution >= 0.6 is 0 Å². The van der Waals surface area contributed by atoms with Gasteiger partial charge in [-0.2, -0.15) is 0 Å². The fourth-order valence-electron chi connectivity index (χ4n) is 2.38. The molecule has 2 rings (SSSR count). The predicted octanol–water partition coefficient (Wildman–Crippen LogP) is 4.97. The van der Waals surface area contributed by atoms with Crippen molar-refractivity contribution in [3.63, 3.8) is 0 Å². The van der Waals surface area contributed by atoms with Crippen molar-refractivity contribution in [3.8, 4) is 11.5 Å². The standard InChI is InChI=1S/C20H27NO2/c1-5-13-22-19-11-9-18(10-12-19)21-14-17(4)23-20-15(2)7-6-8-16(20)3/h6-12,17,21H,5,13-14H2,1-4H3. The molecule has 0 aliphatic rings. The van der Waals surface area contributed by atoms with Gasteiger partial charge in [0, 0.05) is 5.69 Å². The molecule has 0 saturated carbocycles. The van der Waals surface area contributed by atoms with E-state index in [1.54, 1.807) is 0 Å². The lowest BCUT2D eigenvalue weighted by molar-refractivity contribution is 0.231. The van der Waals surface area contributed by atoms with Gasteiger partial charge in [0.15, 0.2) is 0 Å². The Bertz CT molecular complexity index is 587. The van der Waals surface area contributed by atoms with Gasteiger partial charge in [0.2, 0.25) is 0 Å². The highest BCUT2D eigenvalue weighted by Gasteiger charge is 2.08. The van der Waals surface area contributed by atoms with Crippen LogP contribution in [0.1, 0.15) is 31.4 Å². The van der Waals surface area contributed by atoms with Crippen LogP contribution in [0, 0.1) is 13.8 Å². The summed E-state index contributed by atoms with van der Waals surface area (Å²) in [6.07, 6.45) is 1.11. The van der Waals surface area contributed by atoms with E-state index in [0.717, 1.165) is 36.8 Å². The minimum absolute atomic E-state index is 0.0887. The number of rotatable bonds is 8. The summed E-state index contributed by atoms with van der Waals surface area (Å²) in [6.45, 7) is 9.86. The van der Waals surface area contributed by atoms with E-state index in [0.29, 0.717) is 0 Å². The van der Waals surface area contributed by atoms with E-state index >= 15 is 0 Å². The zero-order valence-corrected chi connectivity index (χ0v) is 14.6. The van der Waals surface area contributed by atoms with Gasteiger partial charge in [-0.15, -0.1) is 0 Å². The van der Waals surface area contributed by atoms with Crippen LogP contribution in [0.2, 0.25) is 0 Å². The fourth-order valence-corrected chi connectivity index (χ4v) is 2.38. The number of anilines is 1. The van der Waals surface area contributed by atoms with Gasteiger partial charge in [-0.1, -0.05) is 25.1 Å². The third-order valence-corrected chi connectivity index (χ3v) is 3.65. The van der Waals surface area contributed by atoms with Crippen molar-refractivity contribution < 1.29 is 9.47 Å². The minimum Gasteiger partial charge on any atom is -0.494 e. The van der Waals surface area contributed by atoms with Gasteiger partial charge in [0.05, 0.1) is 13.2 Å². The van der Waals surface area contributed by atoms with Crippen molar-refractivity contribution in [2.45, 2.75) is 40.2 Å². The summed E-state index contributed by atoms with van der Waals surface area (Å²) in [5.41, 5.74) is 3.43. The van der Waals surface area contributed by atoms with Gasteiger partial charge in [0.1, 0.15) is 17.6 Å². The smallest absolute Gasteiger partial charge is 0.125 e. The Labute approximate surface area is 139 Å². The van der Waals surface area contributed by atoms with Gasteiger partial charge in [-0.25, -0.2) is 0 Å². The number of nitrogens with one attached hydrogen (secondary N) is 1. The topological polar surface area (TPSA) is 30.5 Å². The van der Waals surface area contributed by atoms with Crippen LogP contribution in [-0.4, -0.2) is 19.3 Å². The molecule has 0 aliphatic carbocycles. The molecule has 0 aromatic heterocycles. The number of hydrogen-bond donors (Lipinski definition) is 1. The van der Waals surface area contributed by atoms with Crippen molar-refractivity contribution in [2.24, 2.45) is 0 Å². The molecule has 0 radical (unpaired) electrons. The maximum absolute atomic E-state index is 6.09. The summed E-state index contributed by atoms with van der Waals surface area (Å²) in [6, 6.07) is 14.3. The summed E-state index contributed by atoms with van der Waals surface area (Å²) in [5, 5.41) is 3.41. The Morgan fingerprint density at radius 3 is 2.26 bits per heavy atom. The van der Waals surface area contributed by atoms with Crippen LogP contribution < -0.4 is 14.8 Å². The first-order chi connectivity index (χ1) is 11.1. The van der Waals surface area contributed by atoms with Gasteiger partial charge in [-0.3, -0.25) is 0 Å². The Morgan fingerprint density at radius 1 is 1.00 bits per heavy atom. The van der Waals surface area contributed by atoms with Crippen LogP contribution in [-0.2, 0) is 0 Å². The molecule has 0 spiro atoms. The molecule has 0 fully saturated rings. The normalized spacial score (nSPS) is 11.8. The Balaban J connectivity index is 1.85. The number of benzene rings is 2. The second-order valence-corrected chi connectivity index (χ2v) is 5.90. The molecule has 3 heteroatoms. The SMILES string of the molecule is CCCOc1ccc(NCC(C)Oc2c(C)cccc2C)cc1. The quantitative estimate of drug-likeness (QED) is 0.746. The molecular formula is C20H27NO2. The molecule has 2 aromatic rings. The molecule has 124 valence electrons. The van der Waals surface area contributed by atoms with Gasteiger partial charge >= 0.3 is 0 Å². The third-order valence-electron chi connectivity index (χ3n) is 3.65. The Hall–Kier alpha value is -2.16. The first-order valence-electron chi connectivity index (χ1n) is 8.29. The molecule has 0 heterocycles. The van der Waals surface area contributed by atoms with Crippen molar-refractivity contribution in [3.05, 3.63) is 53.6 Å². The molecular weight excluding hydrogens is 286 g/mol. The zero-order valence-electron chi connectivity index (χ0n) is 14.6. The molecule has 0 bridgehead atoms. The zero-order chi connectivity index (χ0) is 16.7. The summed E-state index contributed by atoms with van der Waals surface area (Å²) in [7, 11) is 0. The van der Waals surface area contributed by atoms with Crippen molar-refractivity contribution in [2.75, 3.05) is 18.5 Å². The van der Waals surface area contributed by atoms with E-state index in [1.807, 2.05) is 24.3 Å². The van der Waals surface area contributed by atoms with E-state index < -0.39 is 0 Å². The van der Waals surface area contributed by atoms with Gasteiger partial charge < -0.3 is 14.8 Å². The number of para-hydroxylation sites is 1. The Morgan fingerprint density at radius 2 is 1.65 bits per heavy atom. The average Bonchev–Trinajstić information content (AvgIpc) is 2.55. The van der Waals surface area contributed by atoms with E-state index in [9.17, 15) is 0 Å². The van der Waals surface area contributed by atoms with E-state index in [4.69, 9.17) is 9.47 Å². The summed E-state index contributed by atoms with van der Waals surface area (Å²) < 4.78 is 11.7. The van der Waals surface area contributed by atoms with Crippen molar-refractivity contribution in [1.29, 1.82) is 0 Å². The van der Waals surface area contributed by atoms with E-state index in [2.05, 4.69) is 51.2 Å². The molecule has 1 N–H and O–H groups in total. The molecule has 1 unspecified atom stereocenters. The molecule has 1 atom stereocenters. The lowest BCUT2D eigenvalue weighted by atomic mass is 10.1. The highest BCUT2D eigenvalue weighted by atomic mass is 16.5. The average molecular weight is 313 g/mol. The Kier molecular flexibility index (Phi) is 6.33. The molecule has 3 nitrogen and oxygen atoms in total. The van der Waals surface area contributed by atoms with Crippen molar-refractivity contribution in [1.82, 2.24) is 0 Å². The number of ether oxygens (including phenoxy) is 2. The maximum atomic E-state index is 6.09. The maximum Gasteiger partial charge on any atom is 0.125 e. The monoisotopic (exact) mass is 313 g/mol. The van der Waals surface area contributed by atoms with E-state index in [1.165, 1.54) is 11.1 Å². The first kappa shape index (κ1) is 17.2. The highest BCUT2D eigenvalue weighted by Crippen LogP contribution is 2.23. The first-order valence-corrected chi connectivity index (χ1v) is 8.29. The van der Waals surface area contributed by atoms with Crippen LogP contribution in [0.5, 0.6) is 11.5 Å². The molecule has 0 aliphatic heterocycles. The fraction of sp³-hybridized carbons (Fsp3) is 0.400. The summed E-state index contributed by atoms with van der Waals surface area (Å²) >= 11 is 0. The number of aryl methyl sites for hydroxylation is 2. The summed E-state index contributed by atoms with van der Waals surface area (Å²) in [4.78, 5) is 0. The van der Waals surface area contributed by atoms with Crippen LogP contribution in [0.4, 0.5) is 5.69 Å². The van der Waals surface area contributed by atoms with Crippen LogP contribution in [0.3, 0.4) is 0 Å². The van der Waals surface area contributed by atoms with Crippen LogP contribution in [0.25, 0.3) is 0 Å². The molecule has 0 amide bonds. The van der Waals surface area contributed by atoms with Crippen LogP contribution in [0.15, 0.2) is 42.5 Å². The van der Waals surface area contributed by atoms with Gasteiger partial charge in [-0.05, 0) is 62.6 Å². The predicted molar refractivity (Wildman–Crippen MR) is 96.7 cm³/mol. The van der Waals surface area contributed by atoms with E-state index in [-0.39, 0.29) is 6.10 Å². The third kappa shape index (κ3) is 5.20. The molecule has 0 saturated heterocycles. The lowest BCUT2D eigenvalue weighted by Gasteiger charge is -2.19. The second-order valence-electron chi connectivity index (χ2n) is 5.90. The van der Waals surface area contributed by atoms with Crippen molar-refractivity contribution >= 4 is 5.69 Å². The summed E-state index contributed by atoms with van der Waals surface area (Å²) in [5.74, 6) is 1.90. The number of hydrogen-bond acceptors (Lipinski definition) is 3. The minimum atomic E-state index is 0.0887. The lowest BCUT2D eigenvalue weighted by Crippen LogP contribution is -2.23. The molecule has 23 heavy (non-hydrogen) atoms. The molecule has 2 aromatic carbocycles. The van der Waals surface area contributed by atoms with Gasteiger partial charge in [0.25, 0.3) is 0 Å². The largest absolute Gasteiger partial charge is 0.494 e. The second kappa shape index (κ2) is 8.47.